The summed E-state index contributed by atoms with van der Waals surface area (Å²) in [5.41, 5.74) is 1.58. The van der Waals surface area contributed by atoms with Gasteiger partial charge in [0.1, 0.15) is 5.75 Å². The van der Waals surface area contributed by atoms with Gasteiger partial charge in [0, 0.05) is 10.6 Å². The molecule has 0 heterocycles. The number of nitrogens with one attached hydrogen (secondary N) is 2. The lowest BCUT2D eigenvalue weighted by Crippen LogP contribution is -2.19. The number of hydrogen-bond acceptors (Lipinski definition) is 4. The molecular weight excluding hydrogens is 372 g/mol. The molecule has 5 nitrogen and oxygen atoms in total. The molecule has 3 aromatic rings. The molecule has 28 heavy (non-hydrogen) atoms. The van der Waals surface area contributed by atoms with E-state index < -0.39 is 0 Å². The van der Waals surface area contributed by atoms with Gasteiger partial charge >= 0.3 is 0 Å². The second-order valence-electron chi connectivity index (χ2n) is 5.88. The van der Waals surface area contributed by atoms with Crippen LogP contribution >= 0.6 is 11.8 Å². The van der Waals surface area contributed by atoms with Crippen molar-refractivity contribution in [2.24, 2.45) is 0 Å². The van der Waals surface area contributed by atoms with Crippen LogP contribution in [-0.2, 0) is 4.79 Å². The van der Waals surface area contributed by atoms with E-state index in [2.05, 4.69) is 10.6 Å². The van der Waals surface area contributed by atoms with Gasteiger partial charge in [-0.2, -0.15) is 0 Å². The summed E-state index contributed by atoms with van der Waals surface area (Å²) >= 11 is 1.40. The summed E-state index contributed by atoms with van der Waals surface area (Å²) in [5, 5.41) is 5.66. The summed E-state index contributed by atoms with van der Waals surface area (Å²) in [5.74, 6) is 0.505. The van der Waals surface area contributed by atoms with Crippen molar-refractivity contribution in [3.63, 3.8) is 0 Å². The summed E-state index contributed by atoms with van der Waals surface area (Å²) in [6.07, 6.45) is 0. The number of para-hydroxylation sites is 2. The van der Waals surface area contributed by atoms with Crippen LogP contribution in [0.3, 0.4) is 0 Å². The van der Waals surface area contributed by atoms with Gasteiger partial charge in [0.25, 0.3) is 5.91 Å². The lowest BCUT2D eigenvalue weighted by atomic mass is 10.1. The first kappa shape index (κ1) is 19.5. The largest absolute Gasteiger partial charge is 0.497 e. The molecule has 0 aliphatic heterocycles. The van der Waals surface area contributed by atoms with Crippen LogP contribution in [0, 0.1) is 0 Å². The first-order valence-corrected chi connectivity index (χ1v) is 9.66. The molecule has 0 fully saturated rings. The number of anilines is 2. The van der Waals surface area contributed by atoms with E-state index >= 15 is 0 Å². The van der Waals surface area contributed by atoms with Crippen LogP contribution < -0.4 is 15.4 Å². The van der Waals surface area contributed by atoms with Crippen molar-refractivity contribution in [1.82, 2.24) is 0 Å². The van der Waals surface area contributed by atoms with Crippen LogP contribution in [0.2, 0.25) is 0 Å². The Hall–Kier alpha value is -3.25. The minimum Gasteiger partial charge on any atom is -0.497 e. The van der Waals surface area contributed by atoms with Crippen LogP contribution in [0.15, 0.2) is 83.8 Å². The topological polar surface area (TPSA) is 67.4 Å². The average Bonchev–Trinajstić information content (AvgIpc) is 2.73. The van der Waals surface area contributed by atoms with Crippen molar-refractivity contribution in [3.05, 3.63) is 84.4 Å². The van der Waals surface area contributed by atoms with Gasteiger partial charge < -0.3 is 15.4 Å². The summed E-state index contributed by atoms with van der Waals surface area (Å²) in [6.45, 7) is 0. The van der Waals surface area contributed by atoms with E-state index in [1.165, 1.54) is 11.8 Å². The predicted molar refractivity (Wildman–Crippen MR) is 113 cm³/mol. The van der Waals surface area contributed by atoms with Crippen molar-refractivity contribution >= 4 is 35.0 Å². The number of carbonyl (C=O) groups excluding carboxylic acids is 2. The summed E-state index contributed by atoms with van der Waals surface area (Å²) < 4.78 is 5.19. The Morgan fingerprint density at radius 2 is 1.64 bits per heavy atom. The summed E-state index contributed by atoms with van der Waals surface area (Å²) in [4.78, 5) is 25.9. The first-order chi connectivity index (χ1) is 13.7. The fourth-order valence-electron chi connectivity index (χ4n) is 2.54. The third-order valence-electron chi connectivity index (χ3n) is 3.89. The highest BCUT2D eigenvalue weighted by atomic mass is 32.2. The number of hydrogen-bond donors (Lipinski definition) is 2. The zero-order valence-electron chi connectivity index (χ0n) is 15.3. The molecule has 0 atom stereocenters. The normalized spacial score (nSPS) is 10.2. The average molecular weight is 392 g/mol. The number of methoxy groups -OCH3 is 1. The SMILES string of the molecule is COc1cccc(SCC(=O)Nc2ccccc2C(=O)Nc2ccccc2)c1. The molecule has 0 unspecified atom stereocenters. The molecule has 0 aliphatic rings. The van der Waals surface area contributed by atoms with Crippen molar-refractivity contribution in [3.8, 4) is 5.75 Å². The summed E-state index contributed by atoms with van der Waals surface area (Å²) in [6, 6.07) is 23.7. The lowest BCUT2D eigenvalue weighted by molar-refractivity contribution is -0.113. The maximum atomic E-state index is 12.6. The molecular formula is C22H20N2O3S. The highest BCUT2D eigenvalue weighted by Crippen LogP contribution is 2.23. The number of carbonyl (C=O) groups is 2. The van der Waals surface area contributed by atoms with E-state index in [4.69, 9.17) is 4.74 Å². The summed E-state index contributed by atoms with van der Waals surface area (Å²) in [7, 11) is 1.61. The first-order valence-electron chi connectivity index (χ1n) is 8.68. The molecule has 2 N–H and O–H groups in total. The number of amides is 2. The highest BCUT2D eigenvalue weighted by Gasteiger charge is 2.13. The predicted octanol–water partition coefficient (Wildman–Crippen LogP) is 4.68. The molecule has 6 heteroatoms. The molecule has 0 aromatic heterocycles. The second kappa shape index (κ2) is 9.62. The van der Waals surface area contributed by atoms with Crippen molar-refractivity contribution in [1.29, 1.82) is 0 Å². The molecule has 0 aliphatic carbocycles. The van der Waals surface area contributed by atoms with Crippen molar-refractivity contribution < 1.29 is 14.3 Å². The van der Waals surface area contributed by atoms with Crippen LogP contribution in [0.5, 0.6) is 5.75 Å². The Labute approximate surface area is 168 Å². The molecule has 142 valence electrons. The maximum absolute atomic E-state index is 12.6. The van der Waals surface area contributed by atoms with Crippen molar-refractivity contribution in [2.75, 3.05) is 23.5 Å². The molecule has 0 saturated carbocycles. The van der Waals surface area contributed by atoms with Crippen LogP contribution in [-0.4, -0.2) is 24.7 Å². The molecule has 0 saturated heterocycles. The Balaban J connectivity index is 1.63. The minimum absolute atomic E-state index is 0.187. The Morgan fingerprint density at radius 3 is 2.43 bits per heavy atom. The number of ether oxygens (including phenoxy) is 1. The van der Waals surface area contributed by atoms with Gasteiger partial charge in [0.05, 0.1) is 24.1 Å². The van der Waals surface area contributed by atoms with Gasteiger partial charge in [-0.05, 0) is 42.5 Å². The molecule has 0 spiro atoms. The third kappa shape index (κ3) is 5.37. The number of rotatable bonds is 7. The van der Waals surface area contributed by atoms with E-state index in [0.29, 0.717) is 16.9 Å². The monoisotopic (exact) mass is 392 g/mol. The van der Waals surface area contributed by atoms with Gasteiger partial charge in [-0.3, -0.25) is 9.59 Å². The van der Waals surface area contributed by atoms with E-state index in [9.17, 15) is 9.59 Å². The van der Waals surface area contributed by atoms with Crippen LogP contribution in [0.4, 0.5) is 11.4 Å². The fourth-order valence-corrected chi connectivity index (χ4v) is 3.28. The zero-order valence-corrected chi connectivity index (χ0v) is 16.2. The third-order valence-corrected chi connectivity index (χ3v) is 4.88. The quantitative estimate of drug-likeness (QED) is 0.573. The van der Waals surface area contributed by atoms with E-state index in [1.807, 2.05) is 54.6 Å². The van der Waals surface area contributed by atoms with Gasteiger partial charge in [-0.15, -0.1) is 11.8 Å². The maximum Gasteiger partial charge on any atom is 0.257 e. The molecule has 0 bridgehead atoms. The van der Waals surface area contributed by atoms with Gasteiger partial charge in [0.2, 0.25) is 5.91 Å². The Kier molecular flexibility index (Phi) is 6.70. The lowest BCUT2D eigenvalue weighted by Gasteiger charge is -2.11. The number of thioether (sulfide) groups is 1. The Bertz CT molecular complexity index is 961. The molecule has 2 amide bonds. The second-order valence-corrected chi connectivity index (χ2v) is 6.93. The molecule has 3 rings (SSSR count). The molecule has 0 radical (unpaired) electrons. The fraction of sp³-hybridized carbons (Fsp3) is 0.0909. The molecule has 3 aromatic carbocycles. The van der Waals surface area contributed by atoms with Crippen molar-refractivity contribution in [2.45, 2.75) is 4.90 Å². The van der Waals surface area contributed by atoms with Gasteiger partial charge in [-0.25, -0.2) is 0 Å². The van der Waals surface area contributed by atoms with E-state index in [1.54, 1.807) is 31.4 Å². The van der Waals surface area contributed by atoms with E-state index in [0.717, 1.165) is 10.6 Å². The highest BCUT2D eigenvalue weighted by molar-refractivity contribution is 8.00. The van der Waals surface area contributed by atoms with Gasteiger partial charge in [0.15, 0.2) is 0 Å². The Morgan fingerprint density at radius 1 is 0.893 bits per heavy atom. The van der Waals surface area contributed by atoms with Gasteiger partial charge in [-0.1, -0.05) is 36.4 Å². The van der Waals surface area contributed by atoms with E-state index in [-0.39, 0.29) is 17.6 Å². The van der Waals surface area contributed by atoms with Crippen LogP contribution in [0.1, 0.15) is 10.4 Å². The zero-order chi connectivity index (χ0) is 19.8. The minimum atomic E-state index is -0.275. The van der Waals surface area contributed by atoms with Crippen LogP contribution in [0.25, 0.3) is 0 Å². The smallest absolute Gasteiger partial charge is 0.257 e. The number of benzene rings is 3. The standard InChI is InChI=1S/C22H20N2O3S/c1-27-17-10-7-11-18(14-17)28-15-21(25)24-20-13-6-5-12-19(20)22(26)23-16-8-3-2-4-9-16/h2-14H,15H2,1H3,(H,23,26)(H,24,25).